The largest absolute Gasteiger partial charge is 0.481 e. The van der Waals surface area contributed by atoms with Gasteiger partial charge in [0.25, 0.3) is 5.91 Å². The Bertz CT molecular complexity index is 1250. The summed E-state index contributed by atoms with van der Waals surface area (Å²) in [5, 5.41) is 20.3. The van der Waals surface area contributed by atoms with Crippen molar-refractivity contribution < 1.29 is 24.6 Å². The van der Waals surface area contributed by atoms with Crippen molar-refractivity contribution in [2.24, 2.45) is 0 Å². The quantitative estimate of drug-likeness (QED) is 0.239. The van der Waals surface area contributed by atoms with Gasteiger partial charge in [-0.1, -0.05) is 0 Å². The zero-order chi connectivity index (χ0) is 25.0. The first kappa shape index (κ1) is 23.9. The molecule has 0 saturated carbocycles. The molecule has 14 nitrogen and oxygen atoms in total. The van der Waals surface area contributed by atoms with Gasteiger partial charge in [-0.2, -0.15) is 9.97 Å². The van der Waals surface area contributed by atoms with Crippen LogP contribution in [0.2, 0.25) is 0 Å². The molecule has 0 aliphatic rings. The maximum Gasteiger partial charge on any atom is 0.326 e. The van der Waals surface area contributed by atoms with Crippen molar-refractivity contribution >= 4 is 52.3 Å². The topological polar surface area (TPSA) is 237 Å². The number of aromatic nitrogens is 4. The number of hydrogen-bond acceptors (Lipinski definition) is 11. The van der Waals surface area contributed by atoms with E-state index in [1.165, 1.54) is 12.1 Å². The summed E-state index contributed by atoms with van der Waals surface area (Å²) in [6.45, 7) is 0.250. The molecule has 0 bridgehead atoms. The third-order valence-electron chi connectivity index (χ3n) is 4.89. The van der Waals surface area contributed by atoms with E-state index < -0.39 is 23.9 Å². The molecule has 0 aliphatic carbocycles. The zero-order valence-electron chi connectivity index (χ0n) is 18.1. The summed E-state index contributed by atoms with van der Waals surface area (Å²) < 4.78 is 0. The lowest BCUT2D eigenvalue weighted by Gasteiger charge is -2.20. The summed E-state index contributed by atoms with van der Waals surface area (Å²) in [6.07, 6.45) is -0.611. The normalized spacial score (nSPS) is 11.7. The van der Waals surface area contributed by atoms with Crippen LogP contribution in [-0.2, 0) is 16.1 Å². The van der Waals surface area contributed by atoms with Gasteiger partial charge in [0.15, 0.2) is 17.0 Å². The van der Waals surface area contributed by atoms with Gasteiger partial charge in [-0.25, -0.2) is 14.8 Å². The van der Waals surface area contributed by atoms with Crippen LogP contribution < -0.4 is 27.4 Å². The molecule has 178 valence electrons. The SMILES string of the molecule is CN(Cc1nc2c(N)nc(N)nc2nc1N)c1ccc(C(=O)N[C@@H](CCC(=O)O)C(=O)O)cc1. The van der Waals surface area contributed by atoms with Crippen molar-refractivity contribution in [1.29, 1.82) is 0 Å². The number of nitrogen functional groups attached to an aromatic ring is 3. The molecular formula is C20H23N9O5. The molecule has 0 radical (unpaired) electrons. The molecule has 3 aromatic rings. The second kappa shape index (κ2) is 9.81. The summed E-state index contributed by atoms with van der Waals surface area (Å²) in [5.74, 6) is -2.90. The van der Waals surface area contributed by atoms with E-state index in [0.717, 1.165) is 0 Å². The highest BCUT2D eigenvalue weighted by molar-refractivity contribution is 5.97. The van der Waals surface area contributed by atoms with E-state index in [1.54, 1.807) is 24.1 Å². The fraction of sp³-hybridized carbons (Fsp3) is 0.250. The predicted molar refractivity (Wildman–Crippen MR) is 123 cm³/mol. The number of nitrogens with one attached hydrogen (secondary N) is 1. The highest BCUT2D eigenvalue weighted by atomic mass is 16.4. The van der Waals surface area contributed by atoms with Crippen LogP contribution in [0, 0.1) is 0 Å². The number of carboxylic acid groups (broad SMARTS) is 2. The van der Waals surface area contributed by atoms with Crippen molar-refractivity contribution in [3.05, 3.63) is 35.5 Å². The number of nitrogens with zero attached hydrogens (tertiary/aromatic N) is 5. The molecule has 0 aliphatic heterocycles. The van der Waals surface area contributed by atoms with Crippen molar-refractivity contribution in [2.45, 2.75) is 25.4 Å². The Kier molecular flexibility index (Phi) is 6.89. The molecule has 14 heteroatoms. The maximum atomic E-state index is 12.4. The Morgan fingerprint density at radius 2 is 1.68 bits per heavy atom. The van der Waals surface area contributed by atoms with Crippen LogP contribution in [0.25, 0.3) is 11.2 Å². The van der Waals surface area contributed by atoms with Gasteiger partial charge in [0.05, 0.1) is 6.54 Å². The molecule has 2 aromatic heterocycles. The molecular weight excluding hydrogens is 446 g/mol. The summed E-state index contributed by atoms with van der Waals surface area (Å²) >= 11 is 0. The summed E-state index contributed by atoms with van der Waals surface area (Å²) in [7, 11) is 1.77. The number of benzene rings is 1. The highest BCUT2D eigenvalue weighted by Crippen LogP contribution is 2.22. The lowest BCUT2D eigenvalue weighted by molar-refractivity contribution is -0.140. The first-order chi connectivity index (χ1) is 16.0. The molecule has 3 rings (SSSR count). The van der Waals surface area contributed by atoms with E-state index in [4.69, 9.17) is 22.3 Å². The van der Waals surface area contributed by atoms with Crippen LogP contribution >= 0.6 is 0 Å². The average molecular weight is 469 g/mol. The Labute approximate surface area is 192 Å². The molecule has 9 N–H and O–H groups in total. The molecule has 1 amide bonds. The van der Waals surface area contributed by atoms with E-state index >= 15 is 0 Å². The third-order valence-corrected chi connectivity index (χ3v) is 4.89. The van der Waals surface area contributed by atoms with E-state index in [9.17, 15) is 19.5 Å². The van der Waals surface area contributed by atoms with Gasteiger partial charge in [0.1, 0.15) is 17.6 Å². The van der Waals surface area contributed by atoms with Crippen LogP contribution in [0.3, 0.4) is 0 Å². The van der Waals surface area contributed by atoms with Crippen molar-refractivity contribution in [3.8, 4) is 0 Å². The molecule has 2 heterocycles. The summed E-state index contributed by atoms with van der Waals surface area (Å²) in [6, 6.07) is 5.03. The molecule has 1 atom stereocenters. The van der Waals surface area contributed by atoms with E-state index in [0.29, 0.717) is 11.4 Å². The molecule has 34 heavy (non-hydrogen) atoms. The first-order valence-electron chi connectivity index (χ1n) is 9.97. The van der Waals surface area contributed by atoms with Crippen molar-refractivity contribution in [1.82, 2.24) is 25.3 Å². The standard InChI is InChI=1S/C20H23N9O5/c1-29(8-12-15(21)26-17-14(24-12)16(22)27-20(23)28-17)10-4-2-9(3-5-10)18(32)25-11(19(33)34)6-7-13(30)31/h2-5,11H,6-8H2,1H3,(H,25,32)(H,30,31)(H,33,34)(H6,21,22,23,26,27,28)/t11-/m0/s1. The molecule has 0 unspecified atom stereocenters. The molecule has 0 spiro atoms. The van der Waals surface area contributed by atoms with Crippen LogP contribution in [0.15, 0.2) is 24.3 Å². The summed E-state index contributed by atoms with van der Waals surface area (Å²) in [4.78, 5) is 52.6. The van der Waals surface area contributed by atoms with Gasteiger partial charge in [-0.3, -0.25) is 9.59 Å². The number of carbonyl (C=O) groups is 3. The number of nitrogens with two attached hydrogens (primary N) is 3. The van der Waals surface area contributed by atoms with E-state index in [2.05, 4.69) is 25.3 Å². The van der Waals surface area contributed by atoms with Gasteiger partial charge in [-0.15, -0.1) is 0 Å². The second-order valence-corrected chi connectivity index (χ2v) is 7.39. The Morgan fingerprint density at radius 3 is 2.29 bits per heavy atom. The monoisotopic (exact) mass is 469 g/mol. The molecule has 1 aromatic carbocycles. The molecule has 0 fully saturated rings. The first-order valence-corrected chi connectivity index (χ1v) is 9.97. The Morgan fingerprint density at radius 1 is 1.00 bits per heavy atom. The van der Waals surface area contributed by atoms with Gasteiger partial charge in [-0.05, 0) is 30.7 Å². The summed E-state index contributed by atoms with van der Waals surface area (Å²) in [5.41, 5.74) is 19.3. The minimum absolute atomic E-state index is 0.0377. The lowest BCUT2D eigenvalue weighted by atomic mass is 10.1. The fourth-order valence-electron chi connectivity index (χ4n) is 3.10. The highest BCUT2D eigenvalue weighted by Gasteiger charge is 2.22. The number of rotatable bonds is 9. The average Bonchev–Trinajstić information content (AvgIpc) is 2.77. The minimum atomic E-state index is -1.31. The van der Waals surface area contributed by atoms with Gasteiger partial charge in [0.2, 0.25) is 5.95 Å². The zero-order valence-corrected chi connectivity index (χ0v) is 18.1. The Hall–Kier alpha value is -4.75. The number of aliphatic carboxylic acids is 2. The van der Waals surface area contributed by atoms with Crippen LogP contribution in [0.5, 0.6) is 0 Å². The maximum absolute atomic E-state index is 12.4. The molecule has 0 saturated heterocycles. The third kappa shape index (κ3) is 5.53. The number of anilines is 4. The minimum Gasteiger partial charge on any atom is -0.481 e. The number of hydrogen-bond donors (Lipinski definition) is 6. The van der Waals surface area contributed by atoms with Gasteiger partial charge >= 0.3 is 11.9 Å². The lowest BCUT2D eigenvalue weighted by Crippen LogP contribution is -2.41. The Balaban J connectivity index is 1.72. The van der Waals surface area contributed by atoms with Crippen LogP contribution in [0.4, 0.5) is 23.3 Å². The smallest absolute Gasteiger partial charge is 0.326 e. The van der Waals surface area contributed by atoms with E-state index in [-0.39, 0.29) is 53.7 Å². The fourth-order valence-corrected chi connectivity index (χ4v) is 3.10. The van der Waals surface area contributed by atoms with Crippen molar-refractivity contribution in [2.75, 3.05) is 29.1 Å². The predicted octanol–water partition coefficient (Wildman–Crippen LogP) is -0.149. The van der Waals surface area contributed by atoms with Gasteiger partial charge < -0.3 is 37.6 Å². The second-order valence-electron chi connectivity index (χ2n) is 7.39. The van der Waals surface area contributed by atoms with Gasteiger partial charge in [0, 0.05) is 24.7 Å². The number of fused-ring (bicyclic) bond motifs is 1. The number of amides is 1. The number of carbonyl (C=O) groups excluding carboxylic acids is 1. The van der Waals surface area contributed by atoms with E-state index in [1.807, 2.05) is 0 Å². The van der Waals surface area contributed by atoms with Crippen molar-refractivity contribution in [3.63, 3.8) is 0 Å². The number of carboxylic acids is 2. The van der Waals surface area contributed by atoms with Crippen LogP contribution in [-0.4, -0.2) is 61.1 Å². The van der Waals surface area contributed by atoms with Crippen LogP contribution in [0.1, 0.15) is 28.9 Å².